The molecule has 4 heteroatoms. The minimum atomic E-state index is 0.0313. The number of carbonyl (C=O) groups is 1. The van der Waals surface area contributed by atoms with Gasteiger partial charge in [0.25, 0.3) is 0 Å². The Bertz CT molecular complexity index is 1110. The molecular weight excluding hydrogens is 396 g/mol. The van der Waals surface area contributed by atoms with Crippen molar-refractivity contribution >= 4 is 16.9 Å². The first-order valence-corrected chi connectivity index (χ1v) is 12.8. The van der Waals surface area contributed by atoms with Crippen LogP contribution in [0.2, 0.25) is 0 Å². The summed E-state index contributed by atoms with van der Waals surface area (Å²) in [5, 5.41) is 3.84. The SMILES string of the molecule is CC1=C2C[C@H]3[C@@H](C[C@@]2(C)CCC1)OC(=O)[C@@H]3C[NH2+][C@H]1CCCc2c1[nH]c1ccc(C)cc21. The molecule has 1 aromatic carbocycles. The van der Waals surface area contributed by atoms with Crippen molar-refractivity contribution in [3.63, 3.8) is 0 Å². The number of quaternary nitrogens is 1. The van der Waals surface area contributed by atoms with Gasteiger partial charge in [0.15, 0.2) is 0 Å². The van der Waals surface area contributed by atoms with Gasteiger partial charge in [-0.2, -0.15) is 0 Å². The molecule has 0 spiro atoms. The van der Waals surface area contributed by atoms with Crippen LogP contribution in [0.5, 0.6) is 0 Å². The van der Waals surface area contributed by atoms with Crippen LogP contribution in [-0.2, 0) is 16.0 Å². The summed E-state index contributed by atoms with van der Waals surface area (Å²) in [5.41, 5.74) is 8.96. The van der Waals surface area contributed by atoms with E-state index in [1.165, 1.54) is 59.8 Å². The maximum Gasteiger partial charge on any atom is 0.315 e. The molecule has 2 fully saturated rings. The van der Waals surface area contributed by atoms with Gasteiger partial charge in [-0.05, 0) is 81.9 Å². The fraction of sp³-hybridized carbons (Fsp3) is 0.607. The van der Waals surface area contributed by atoms with Gasteiger partial charge in [0, 0.05) is 23.2 Å². The lowest BCUT2D eigenvalue weighted by Gasteiger charge is -2.45. The molecule has 1 saturated carbocycles. The second kappa shape index (κ2) is 7.48. The van der Waals surface area contributed by atoms with Crippen molar-refractivity contribution < 1.29 is 14.8 Å². The second-order valence-electron chi connectivity index (χ2n) is 11.4. The Morgan fingerprint density at radius 1 is 1.22 bits per heavy atom. The second-order valence-corrected chi connectivity index (χ2v) is 11.4. The van der Waals surface area contributed by atoms with Crippen LogP contribution < -0.4 is 5.32 Å². The Hall–Kier alpha value is -2.07. The standard InChI is InChI=1S/C28H36N2O2/c1-16-9-10-23-19(12-16)18-7-4-8-24(26(18)30-23)29-15-21-20-13-22-17(2)6-5-11-28(22,3)14-25(20)32-27(21)31/h9-10,12,20-21,24-25,29-30H,4-8,11,13-15H2,1-3H3/p+1/t20-,21-,24+,25-,28-/m1/s1. The number of benzene rings is 1. The number of rotatable bonds is 3. The molecule has 1 saturated heterocycles. The minimum absolute atomic E-state index is 0.0313. The quantitative estimate of drug-likeness (QED) is 0.536. The highest BCUT2D eigenvalue weighted by Crippen LogP contribution is 2.54. The summed E-state index contributed by atoms with van der Waals surface area (Å²) < 4.78 is 6.01. The number of H-pyrrole nitrogens is 1. The third kappa shape index (κ3) is 3.17. The van der Waals surface area contributed by atoms with Crippen LogP contribution in [0.4, 0.5) is 0 Å². The topological polar surface area (TPSA) is 58.7 Å². The molecule has 3 aliphatic carbocycles. The van der Waals surface area contributed by atoms with Gasteiger partial charge in [0.05, 0.1) is 12.2 Å². The predicted octanol–water partition coefficient (Wildman–Crippen LogP) is 4.88. The highest BCUT2D eigenvalue weighted by atomic mass is 16.6. The highest BCUT2D eigenvalue weighted by molar-refractivity contribution is 5.85. The van der Waals surface area contributed by atoms with E-state index in [9.17, 15) is 4.79 Å². The average molecular weight is 434 g/mol. The van der Waals surface area contributed by atoms with Gasteiger partial charge in [0.2, 0.25) is 0 Å². The molecule has 3 N–H and O–H groups in total. The van der Waals surface area contributed by atoms with Crippen LogP contribution in [-0.4, -0.2) is 23.6 Å². The smallest absolute Gasteiger partial charge is 0.315 e. The maximum atomic E-state index is 13.0. The lowest BCUT2D eigenvalue weighted by Crippen LogP contribution is -2.87. The molecule has 170 valence electrons. The van der Waals surface area contributed by atoms with Gasteiger partial charge in [-0.3, -0.25) is 4.79 Å². The van der Waals surface area contributed by atoms with Crippen molar-refractivity contribution in [1.29, 1.82) is 0 Å². The number of nitrogens with one attached hydrogen (secondary N) is 1. The zero-order valence-electron chi connectivity index (χ0n) is 19.8. The minimum Gasteiger partial charge on any atom is -0.462 e. The van der Waals surface area contributed by atoms with Crippen LogP contribution in [0.15, 0.2) is 29.3 Å². The molecule has 1 aromatic heterocycles. The number of aromatic nitrogens is 1. The van der Waals surface area contributed by atoms with Gasteiger partial charge in [-0.1, -0.05) is 29.7 Å². The van der Waals surface area contributed by atoms with E-state index in [0.29, 0.717) is 12.0 Å². The maximum absolute atomic E-state index is 13.0. The van der Waals surface area contributed by atoms with E-state index < -0.39 is 0 Å². The molecule has 2 aromatic rings. The number of hydrogen-bond acceptors (Lipinski definition) is 2. The normalized spacial score (nSPS) is 34.3. The van der Waals surface area contributed by atoms with Crippen molar-refractivity contribution in [3.05, 3.63) is 46.2 Å². The van der Waals surface area contributed by atoms with Gasteiger partial charge < -0.3 is 15.0 Å². The van der Waals surface area contributed by atoms with Crippen LogP contribution in [0.25, 0.3) is 10.9 Å². The number of carbonyl (C=O) groups excluding carboxylic acids is 1. The first-order chi connectivity index (χ1) is 15.4. The summed E-state index contributed by atoms with van der Waals surface area (Å²) in [6, 6.07) is 7.16. The van der Waals surface area contributed by atoms with Crippen LogP contribution in [0.3, 0.4) is 0 Å². The Balaban J connectivity index is 1.22. The number of aromatic amines is 1. The molecule has 0 bridgehead atoms. The van der Waals surface area contributed by atoms with E-state index in [1.807, 2.05) is 0 Å². The third-order valence-corrected chi connectivity index (χ3v) is 9.26. The molecule has 0 unspecified atom stereocenters. The molecule has 4 nitrogen and oxygen atoms in total. The Labute approximate surface area is 191 Å². The molecule has 4 aliphatic rings. The summed E-state index contributed by atoms with van der Waals surface area (Å²) in [5.74, 6) is 0.451. The number of nitrogens with two attached hydrogens (primary N) is 1. The summed E-state index contributed by atoms with van der Waals surface area (Å²) in [6.07, 6.45) is 9.55. The fourth-order valence-electron chi connectivity index (χ4n) is 7.54. The Morgan fingerprint density at radius 2 is 2.09 bits per heavy atom. The van der Waals surface area contributed by atoms with E-state index in [4.69, 9.17) is 4.74 Å². The summed E-state index contributed by atoms with van der Waals surface area (Å²) in [7, 11) is 0. The fourth-order valence-corrected chi connectivity index (χ4v) is 7.54. The molecule has 1 aliphatic heterocycles. The number of hydrogen-bond donors (Lipinski definition) is 2. The van der Waals surface area contributed by atoms with Crippen LogP contribution >= 0.6 is 0 Å². The van der Waals surface area contributed by atoms with E-state index in [2.05, 4.69) is 49.3 Å². The Kier molecular flexibility index (Phi) is 4.80. The van der Waals surface area contributed by atoms with Crippen molar-refractivity contribution in [2.75, 3.05) is 6.54 Å². The van der Waals surface area contributed by atoms with Crippen molar-refractivity contribution in [2.45, 2.75) is 84.3 Å². The molecule has 5 atom stereocenters. The van der Waals surface area contributed by atoms with Crippen LogP contribution in [0.1, 0.15) is 81.7 Å². The lowest BCUT2D eigenvalue weighted by atomic mass is 9.59. The van der Waals surface area contributed by atoms with Crippen molar-refractivity contribution in [1.82, 2.24) is 4.98 Å². The lowest BCUT2D eigenvalue weighted by molar-refractivity contribution is -0.701. The van der Waals surface area contributed by atoms with Crippen molar-refractivity contribution in [2.24, 2.45) is 17.3 Å². The zero-order valence-corrected chi connectivity index (χ0v) is 19.8. The van der Waals surface area contributed by atoms with Gasteiger partial charge in [-0.25, -0.2) is 0 Å². The first-order valence-electron chi connectivity index (χ1n) is 12.8. The average Bonchev–Trinajstić information content (AvgIpc) is 3.27. The molecular formula is C28H37N2O2+. The molecule has 0 amide bonds. The summed E-state index contributed by atoms with van der Waals surface area (Å²) >= 11 is 0. The van der Waals surface area contributed by atoms with E-state index >= 15 is 0 Å². The molecule has 0 radical (unpaired) electrons. The van der Waals surface area contributed by atoms with Crippen LogP contribution in [0, 0.1) is 24.2 Å². The summed E-state index contributed by atoms with van der Waals surface area (Å²) in [6.45, 7) is 7.76. The largest absolute Gasteiger partial charge is 0.462 e. The number of allylic oxidation sites excluding steroid dienone is 2. The van der Waals surface area contributed by atoms with E-state index in [1.54, 1.807) is 11.1 Å². The highest BCUT2D eigenvalue weighted by Gasteiger charge is 2.53. The Morgan fingerprint density at radius 3 is 2.97 bits per heavy atom. The van der Waals surface area contributed by atoms with Gasteiger partial charge in [0.1, 0.15) is 18.1 Å². The van der Waals surface area contributed by atoms with Crippen molar-refractivity contribution in [3.8, 4) is 0 Å². The number of fused-ring (bicyclic) bond motifs is 5. The molecule has 6 rings (SSSR count). The summed E-state index contributed by atoms with van der Waals surface area (Å²) in [4.78, 5) is 16.7. The van der Waals surface area contributed by atoms with E-state index in [-0.39, 0.29) is 23.4 Å². The van der Waals surface area contributed by atoms with Gasteiger partial charge in [-0.15, -0.1) is 0 Å². The number of aryl methyl sites for hydroxylation is 2. The number of esters is 1. The predicted molar refractivity (Wildman–Crippen MR) is 126 cm³/mol. The number of ether oxygens (including phenoxy) is 1. The third-order valence-electron chi connectivity index (χ3n) is 9.26. The first kappa shape index (κ1) is 20.5. The zero-order chi connectivity index (χ0) is 22.0. The molecule has 32 heavy (non-hydrogen) atoms. The molecule has 2 heterocycles. The monoisotopic (exact) mass is 433 g/mol. The van der Waals surface area contributed by atoms with E-state index in [0.717, 1.165) is 25.8 Å². The van der Waals surface area contributed by atoms with Gasteiger partial charge >= 0.3 is 5.97 Å².